The molecule has 0 amide bonds. The first-order chi connectivity index (χ1) is 7.61. The predicted octanol–water partition coefficient (Wildman–Crippen LogP) is 4.10. The molecule has 0 aromatic heterocycles. The molecule has 0 spiro atoms. The van der Waals surface area contributed by atoms with E-state index in [1.807, 2.05) is 0 Å². The van der Waals surface area contributed by atoms with E-state index in [4.69, 9.17) is 5.41 Å². The van der Waals surface area contributed by atoms with Crippen LogP contribution in [0.3, 0.4) is 0 Å². The molecule has 1 aromatic rings. The van der Waals surface area contributed by atoms with Crippen LogP contribution in [0.15, 0.2) is 24.3 Å². The molecule has 0 aliphatic rings. The standard InChI is InChI=1S/C15H23N/c1-12(2)10-14-4-6-15(7-5-14)11-13(3)8-9-16/h4-7,9,12-13,16H,8,10-11H2,1-3H3. The molecule has 0 saturated carbocycles. The Morgan fingerprint density at radius 1 is 1.00 bits per heavy atom. The average Bonchev–Trinajstić information content (AvgIpc) is 2.20. The molecule has 0 aliphatic heterocycles. The summed E-state index contributed by atoms with van der Waals surface area (Å²) < 4.78 is 0. The van der Waals surface area contributed by atoms with Crippen molar-refractivity contribution in [2.75, 3.05) is 0 Å². The monoisotopic (exact) mass is 217 g/mol. The van der Waals surface area contributed by atoms with Crippen LogP contribution in [0.5, 0.6) is 0 Å². The van der Waals surface area contributed by atoms with Gasteiger partial charge in [-0.25, -0.2) is 0 Å². The lowest BCUT2D eigenvalue weighted by Gasteiger charge is -2.10. The number of rotatable bonds is 6. The van der Waals surface area contributed by atoms with Gasteiger partial charge in [0.1, 0.15) is 0 Å². The first-order valence-corrected chi connectivity index (χ1v) is 6.18. The average molecular weight is 217 g/mol. The topological polar surface area (TPSA) is 23.9 Å². The lowest BCUT2D eigenvalue weighted by Crippen LogP contribution is -2.00. The number of hydrogen-bond acceptors (Lipinski definition) is 1. The van der Waals surface area contributed by atoms with E-state index in [2.05, 4.69) is 45.0 Å². The molecule has 0 heterocycles. The van der Waals surface area contributed by atoms with Crippen molar-refractivity contribution >= 4 is 6.21 Å². The summed E-state index contributed by atoms with van der Waals surface area (Å²) in [5.74, 6) is 1.30. The largest absolute Gasteiger partial charge is 0.313 e. The Kier molecular flexibility index (Phi) is 5.24. The van der Waals surface area contributed by atoms with Crippen LogP contribution in [0.4, 0.5) is 0 Å². The van der Waals surface area contributed by atoms with Gasteiger partial charge in [-0.2, -0.15) is 0 Å². The van der Waals surface area contributed by atoms with Crippen LogP contribution in [0.2, 0.25) is 0 Å². The van der Waals surface area contributed by atoms with Crippen LogP contribution in [-0.2, 0) is 12.8 Å². The summed E-state index contributed by atoms with van der Waals surface area (Å²) in [6.45, 7) is 6.70. The minimum Gasteiger partial charge on any atom is -0.313 e. The van der Waals surface area contributed by atoms with E-state index in [0.29, 0.717) is 5.92 Å². The van der Waals surface area contributed by atoms with Gasteiger partial charge in [-0.05, 0) is 48.4 Å². The third-order valence-corrected chi connectivity index (χ3v) is 2.77. The summed E-state index contributed by atoms with van der Waals surface area (Å²) in [4.78, 5) is 0. The maximum absolute atomic E-state index is 7.08. The third-order valence-electron chi connectivity index (χ3n) is 2.77. The first kappa shape index (κ1) is 13.0. The molecule has 88 valence electrons. The van der Waals surface area contributed by atoms with Crippen LogP contribution >= 0.6 is 0 Å². The number of hydrogen-bond donors (Lipinski definition) is 1. The Morgan fingerprint density at radius 3 is 1.94 bits per heavy atom. The molecule has 1 heteroatoms. The molecule has 1 rings (SSSR count). The Morgan fingerprint density at radius 2 is 1.50 bits per heavy atom. The van der Waals surface area contributed by atoms with Gasteiger partial charge >= 0.3 is 0 Å². The van der Waals surface area contributed by atoms with Crippen LogP contribution in [0.1, 0.15) is 38.3 Å². The highest BCUT2D eigenvalue weighted by molar-refractivity contribution is 5.53. The zero-order valence-electron chi connectivity index (χ0n) is 10.7. The highest BCUT2D eigenvalue weighted by Gasteiger charge is 2.03. The van der Waals surface area contributed by atoms with E-state index in [1.54, 1.807) is 0 Å². The lowest BCUT2D eigenvalue weighted by atomic mass is 9.96. The molecule has 1 N–H and O–H groups in total. The van der Waals surface area contributed by atoms with Crippen molar-refractivity contribution in [1.82, 2.24) is 0 Å². The van der Waals surface area contributed by atoms with Gasteiger partial charge in [-0.15, -0.1) is 0 Å². The Balaban J connectivity index is 2.54. The van der Waals surface area contributed by atoms with Gasteiger partial charge in [0.25, 0.3) is 0 Å². The maximum Gasteiger partial charge on any atom is -0.00450 e. The van der Waals surface area contributed by atoms with E-state index < -0.39 is 0 Å². The molecule has 1 atom stereocenters. The van der Waals surface area contributed by atoms with E-state index >= 15 is 0 Å². The van der Waals surface area contributed by atoms with Crippen LogP contribution in [-0.4, -0.2) is 6.21 Å². The number of nitrogens with one attached hydrogen (secondary N) is 1. The second-order valence-corrected chi connectivity index (χ2v) is 5.16. The minimum atomic E-state index is 0.577. The van der Waals surface area contributed by atoms with E-state index in [9.17, 15) is 0 Å². The van der Waals surface area contributed by atoms with Crippen molar-refractivity contribution in [1.29, 1.82) is 5.41 Å². The fourth-order valence-corrected chi connectivity index (χ4v) is 1.97. The molecule has 0 bridgehead atoms. The van der Waals surface area contributed by atoms with Crippen molar-refractivity contribution in [3.05, 3.63) is 35.4 Å². The van der Waals surface area contributed by atoms with E-state index in [-0.39, 0.29) is 0 Å². The summed E-state index contributed by atoms with van der Waals surface area (Å²) >= 11 is 0. The summed E-state index contributed by atoms with van der Waals surface area (Å²) in [7, 11) is 0. The Bertz CT molecular complexity index is 311. The molecular formula is C15H23N. The molecule has 0 fully saturated rings. The smallest absolute Gasteiger partial charge is 0.00450 e. The van der Waals surface area contributed by atoms with Crippen molar-refractivity contribution < 1.29 is 0 Å². The first-order valence-electron chi connectivity index (χ1n) is 6.18. The Labute approximate surface area is 99.4 Å². The molecule has 0 radical (unpaired) electrons. The summed E-state index contributed by atoms with van der Waals surface area (Å²) in [5, 5.41) is 7.08. The second kappa shape index (κ2) is 6.47. The van der Waals surface area contributed by atoms with E-state index in [1.165, 1.54) is 17.3 Å². The molecule has 16 heavy (non-hydrogen) atoms. The van der Waals surface area contributed by atoms with Gasteiger partial charge in [-0.3, -0.25) is 0 Å². The SMILES string of the molecule is CC(C)Cc1ccc(CC(C)CC=N)cc1. The summed E-state index contributed by atoms with van der Waals surface area (Å²) in [6.07, 6.45) is 4.64. The summed E-state index contributed by atoms with van der Waals surface area (Å²) in [6, 6.07) is 8.95. The third kappa shape index (κ3) is 4.61. The van der Waals surface area contributed by atoms with E-state index in [0.717, 1.165) is 25.2 Å². The van der Waals surface area contributed by atoms with Crippen LogP contribution in [0.25, 0.3) is 0 Å². The van der Waals surface area contributed by atoms with Crippen LogP contribution < -0.4 is 0 Å². The van der Waals surface area contributed by atoms with Crippen molar-refractivity contribution in [2.24, 2.45) is 11.8 Å². The summed E-state index contributed by atoms with van der Waals surface area (Å²) in [5.41, 5.74) is 2.82. The molecular weight excluding hydrogens is 194 g/mol. The van der Waals surface area contributed by atoms with Crippen LogP contribution in [0, 0.1) is 17.2 Å². The zero-order chi connectivity index (χ0) is 12.0. The van der Waals surface area contributed by atoms with Crippen molar-refractivity contribution in [2.45, 2.75) is 40.0 Å². The minimum absolute atomic E-state index is 0.577. The highest BCUT2D eigenvalue weighted by Crippen LogP contribution is 2.14. The van der Waals surface area contributed by atoms with Crippen molar-refractivity contribution in [3.63, 3.8) is 0 Å². The normalized spacial score (nSPS) is 12.8. The Hall–Kier alpha value is -1.11. The van der Waals surface area contributed by atoms with Gasteiger partial charge in [0, 0.05) is 0 Å². The quantitative estimate of drug-likeness (QED) is 0.694. The molecule has 1 unspecified atom stereocenters. The predicted molar refractivity (Wildman–Crippen MR) is 71.3 cm³/mol. The fraction of sp³-hybridized carbons (Fsp3) is 0.533. The fourth-order valence-electron chi connectivity index (χ4n) is 1.97. The lowest BCUT2D eigenvalue weighted by molar-refractivity contribution is 0.609. The van der Waals surface area contributed by atoms with Gasteiger partial charge in [-0.1, -0.05) is 45.0 Å². The molecule has 1 nitrogen and oxygen atoms in total. The van der Waals surface area contributed by atoms with Gasteiger partial charge in [0.2, 0.25) is 0 Å². The van der Waals surface area contributed by atoms with Gasteiger partial charge in [0.15, 0.2) is 0 Å². The number of benzene rings is 1. The molecule has 0 saturated heterocycles. The highest BCUT2D eigenvalue weighted by atomic mass is 14.3. The van der Waals surface area contributed by atoms with Gasteiger partial charge < -0.3 is 5.41 Å². The maximum atomic E-state index is 7.08. The zero-order valence-corrected chi connectivity index (χ0v) is 10.7. The molecule has 1 aromatic carbocycles. The second-order valence-electron chi connectivity index (χ2n) is 5.16. The van der Waals surface area contributed by atoms with Gasteiger partial charge in [0.05, 0.1) is 0 Å². The molecule has 0 aliphatic carbocycles. The van der Waals surface area contributed by atoms with Crippen molar-refractivity contribution in [3.8, 4) is 0 Å².